The second-order valence-corrected chi connectivity index (χ2v) is 6.45. The zero-order chi connectivity index (χ0) is 17.4. The van der Waals surface area contributed by atoms with E-state index in [-0.39, 0.29) is 11.9 Å². The van der Waals surface area contributed by atoms with Crippen LogP contribution in [-0.2, 0) is 13.6 Å². The first kappa shape index (κ1) is 15.6. The second-order valence-electron chi connectivity index (χ2n) is 6.45. The Morgan fingerprint density at radius 2 is 2.00 bits per heavy atom. The van der Waals surface area contributed by atoms with Crippen LogP contribution in [0.1, 0.15) is 39.9 Å². The molecule has 1 atom stereocenters. The number of aromatic nitrogens is 4. The molecule has 3 aromatic rings. The molecule has 6 heteroatoms. The lowest BCUT2D eigenvalue weighted by atomic mass is 10.0. The summed E-state index contributed by atoms with van der Waals surface area (Å²) in [6.45, 7) is 3.44. The average molecular weight is 335 g/mol. The summed E-state index contributed by atoms with van der Waals surface area (Å²) >= 11 is 0. The first-order chi connectivity index (χ1) is 12.1. The van der Waals surface area contributed by atoms with Gasteiger partial charge in [0.15, 0.2) is 0 Å². The van der Waals surface area contributed by atoms with Gasteiger partial charge in [-0.3, -0.25) is 9.48 Å². The van der Waals surface area contributed by atoms with Gasteiger partial charge in [0.25, 0.3) is 5.91 Å². The molecular formula is C19H21N5O. The van der Waals surface area contributed by atoms with E-state index in [0.29, 0.717) is 12.1 Å². The monoisotopic (exact) mass is 335 g/mol. The molecule has 0 bridgehead atoms. The predicted molar refractivity (Wildman–Crippen MR) is 94.1 cm³/mol. The molecule has 0 radical (unpaired) electrons. The highest BCUT2D eigenvalue weighted by atomic mass is 16.2. The number of rotatable bonds is 2. The minimum Gasteiger partial charge on any atom is -0.333 e. The van der Waals surface area contributed by atoms with Crippen LogP contribution in [0.4, 0.5) is 0 Å². The largest absolute Gasteiger partial charge is 0.333 e. The Hall–Kier alpha value is -2.89. The van der Waals surface area contributed by atoms with E-state index < -0.39 is 0 Å². The summed E-state index contributed by atoms with van der Waals surface area (Å²) < 4.78 is 3.85. The minimum absolute atomic E-state index is 0.0101. The van der Waals surface area contributed by atoms with Gasteiger partial charge in [0.05, 0.1) is 11.3 Å². The van der Waals surface area contributed by atoms with Gasteiger partial charge in [0, 0.05) is 38.7 Å². The van der Waals surface area contributed by atoms with Gasteiger partial charge in [-0.2, -0.15) is 5.10 Å². The third kappa shape index (κ3) is 2.73. The zero-order valence-electron chi connectivity index (χ0n) is 14.5. The van der Waals surface area contributed by atoms with Gasteiger partial charge >= 0.3 is 0 Å². The molecule has 2 aromatic heterocycles. The fourth-order valence-corrected chi connectivity index (χ4v) is 3.58. The highest BCUT2D eigenvalue weighted by molar-refractivity contribution is 5.95. The molecule has 0 spiro atoms. The first-order valence-electron chi connectivity index (χ1n) is 8.52. The van der Waals surface area contributed by atoms with Gasteiger partial charge in [-0.1, -0.05) is 30.3 Å². The molecule has 3 heterocycles. The molecule has 1 aromatic carbocycles. The first-order valence-corrected chi connectivity index (χ1v) is 8.52. The number of nitrogens with zero attached hydrogens (tertiary/aromatic N) is 5. The summed E-state index contributed by atoms with van der Waals surface area (Å²) in [4.78, 5) is 19.9. The van der Waals surface area contributed by atoms with Crippen molar-refractivity contribution in [2.45, 2.75) is 25.9 Å². The van der Waals surface area contributed by atoms with E-state index in [0.717, 1.165) is 30.0 Å². The lowest BCUT2D eigenvalue weighted by molar-refractivity contribution is 0.0706. The number of carbonyl (C=O) groups excluding carboxylic acids is 1. The maximum atomic E-state index is 13.3. The molecule has 0 saturated heterocycles. The van der Waals surface area contributed by atoms with E-state index in [4.69, 9.17) is 0 Å². The lowest BCUT2D eigenvalue weighted by Gasteiger charge is -2.29. The van der Waals surface area contributed by atoms with Crippen LogP contribution in [0, 0.1) is 6.92 Å². The minimum atomic E-state index is -0.189. The summed E-state index contributed by atoms with van der Waals surface area (Å²) in [5, 5.41) is 4.33. The predicted octanol–water partition coefficient (Wildman–Crippen LogP) is 2.56. The lowest BCUT2D eigenvalue weighted by Crippen LogP contribution is -2.36. The van der Waals surface area contributed by atoms with E-state index >= 15 is 0 Å². The van der Waals surface area contributed by atoms with Crippen molar-refractivity contribution in [3.8, 4) is 0 Å². The molecule has 1 aliphatic rings. The fourth-order valence-electron chi connectivity index (χ4n) is 3.58. The van der Waals surface area contributed by atoms with Crippen LogP contribution in [0.25, 0.3) is 0 Å². The zero-order valence-corrected chi connectivity index (χ0v) is 14.5. The smallest absolute Gasteiger partial charge is 0.258 e. The van der Waals surface area contributed by atoms with Gasteiger partial charge in [0.1, 0.15) is 11.9 Å². The quantitative estimate of drug-likeness (QED) is 0.723. The van der Waals surface area contributed by atoms with Crippen molar-refractivity contribution in [3.63, 3.8) is 0 Å². The number of carbonyl (C=O) groups is 1. The van der Waals surface area contributed by atoms with Gasteiger partial charge in [-0.25, -0.2) is 4.98 Å². The van der Waals surface area contributed by atoms with E-state index in [2.05, 4.69) is 26.8 Å². The molecular weight excluding hydrogens is 314 g/mol. The van der Waals surface area contributed by atoms with Crippen molar-refractivity contribution in [1.29, 1.82) is 0 Å². The van der Waals surface area contributed by atoms with E-state index in [1.165, 1.54) is 0 Å². The van der Waals surface area contributed by atoms with Crippen molar-refractivity contribution in [1.82, 2.24) is 24.2 Å². The Bertz CT molecular complexity index is 896. The number of imidazole rings is 1. The summed E-state index contributed by atoms with van der Waals surface area (Å²) in [6.07, 6.45) is 6.51. The van der Waals surface area contributed by atoms with E-state index in [9.17, 15) is 4.79 Å². The van der Waals surface area contributed by atoms with Gasteiger partial charge in [-0.05, 0) is 18.9 Å². The van der Waals surface area contributed by atoms with Crippen LogP contribution in [0.2, 0.25) is 0 Å². The maximum absolute atomic E-state index is 13.3. The molecule has 6 nitrogen and oxygen atoms in total. The molecule has 0 saturated carbocycles. The Kier molecular flexibility index (Phi) is 3.87. The number of amides is 1. The molecule has 0 fully saturated rings. The van der Waals surface area contributed by atoms with Crippen LogP contribution >= 0.6 is 0 Å². The molecule has 1 aliphatic heterocycles. The van der Waals surface area contributed by atoms with Crippen molar-refractivity contribution < 1.29 is 4.79 Å². The highest BCUT2D eigenvalue weighted by Crippen LogP contribution is 2.31. The number of benzene rings is 1. The van der Waals surface area contributed by atoms with Gasteiger partial charge in [0.2, 0.25) is 0 Å². The SMILES string of the molecule is Cc1nn(C)cc1C(=O)N1CCCn2ccnc2C1c1ccccc1. The molecule has 1 unspecified atom stereocenters. The van der Waals surface area contributed by atoms with Crippen molar-refractivity contribution in [2.75, 3.05) is 6.54 Å². The molecule has 0 aliphatic carbocycles. The normalized spacial score (nSPS) is 17.2. The van der Waals surface area contributed by atoms with E-state index in [1.54, 1.807) is 10.9 Å². The molecule has 0 N–H and O–H groups in total. The summed E-state index contributed by atoms with van der Waals surface area (Å²) in [6, 6.07) is 9.93. The number of hydrogen-bond donors (Lipinski definition) is 0. The Labute approximate surface area is 146 Å². The van der Waals surface area contributed by atoms with Gasteiger partial charge in [-0.15, -0.1) is 0 Å². The second kappa shape index (κ2) is 6.20. The molecule has 1 amide bonds. The third-order valence-electron chi connectivity index (χ3n) is 4.72. The van der Waals surface area contributed by atoms with Crippen LogP contribution in [-0.4, -0.2) is 36.7 Å². The Balaban J connectivity index is 1.82. The summed E-state index contributed by atoms with van der Waals surface area (Å²) in [7, 11) is 1.84. The fraction of sp³-hybridized carbons (Fsp3) is 0.316. The van der Waals surface area contributed by atoms with Crippen LogP contribution in [0.3, 0.4) is 0 Å². The average Bonchev–Trinajstić information content (AvgIpc) is 3.15. The Morgan fingerprint density at radius 3 is 2.72 bits per heavy atom. The standard InChI is InChI=1S/C19H21N5O/c1-14-16(13-22(2)21-14)19(25)24-11-6-10-23-12-9-20-18(23)17(24)15-7-4-3-5-8-15/h3-5,7-9,12-13,17H,6,10-11H2,1-2H3. The molecule has 128 valence electrons. The Morgan fingerprint density at radius 1 is 1.20 bits per heavy atom. The van der Waals surface area contributed by atoms with Crippen LogP contribution < -0.4 is 0 Å². The van der Waals surface area contributed by atoms with Crippen molar-refractivity contribution >= 4 is 5.91 Å². The van der Waals surface area contributed by atoms with Gasteiger partial charge < -0.3 is 9.47 Å². The van der Waals surface area contributed by atoms with Crippen LogP contribution in [0.15, 0.2) is 48.9 Å². The molecule has 25 heavy (non-hydrogen) atoms. The van der Waals surface area contributed by atoms with E-state index in [1.807, 2.05) is 49.5 Å². The number of aryl methyl sites for hydroxylation is 3. The summed E-state index contributed by atoms with van der Waals surface area (Å²) in [5.74, 6) is 0.925. The van der Waals surface area contributed by atoms with Crippen LogP contribution in [0.5, 0.6) is 0 Å². The molecule has 4 rings (SSSR count). The summed E-state index contributed by atoms with van der Waals surface area (Å²) in [5.41, 5.74) is 2.49. The van der Waals surface area contributed by atoms with Crippen molar-refractivity contribution in [2.24, 2.45) is 7.05 Å². The number of fused-ring (bicyclic) bond motifs is 1. The third-order valence-corrected chi connectivity index (χ3v) is 4.72. The van der Waals surface area contributed by atoms with Crippen molar-refractivity contribution in [3.05, 3.63) is 71.6 Å². The topological polar surface area (TPSA) is 56.0 Å². The highest BCUT2D eigenvalue weighted by Gasteiger charge is 2.33. The maximum Gasteiger partial charge on any atom is 0.258 e. The number of hydrogen-bond acceptors (Lipinski definition) is 3.